The highest BCUT2D eigenvalue weighted by Crippen LogP contribution is 2.56. The van der Waals surface area contributed by atoms with Gasteiger partial charge in [0.05, 0.1) is 35.3 Å². The van der Waals surface area contributed by atoms with E-state index in [2.05, 4.69) is 12.1 Å². The largest absolute Gasteiger partial charge is 0.756 e. The monoisotopic (exact) mass is 633 g/mol. The highest BCUT2D eigenvalue weighted by molar-refractivity contribution is 7.45. The van der Waals surface area contributed by atoms with Crippen LogP contribution in [0.2, 0.25) is 0 Å². The van der Waals surface area contributed by atoms with E-state index in [1.54, 1.807) is 73.9 Å². The molecule has 0 bridgehead atoms. The molecule has 45 heavy (non-hydrogen) atoms. The molecule has 0 radical (unpaired) electrons. The van der Waals surface area contributed by atoms with E-state index >= 15 is 0 Å². The Hall–Kier alpha value is -3.93. The molecule has 2 fully saturated rings. The van der Waals surface area contributed by atoms with Crippen LogP contribution in [-0.4, -0.2) is 58.1 Å². The number of carbonyl (C=O) groups excluding carboxylic acids is 2. The molecule has 4 heterocycles. The summed E-state index contributed by atoms with van der Waals surface area (Å²) in [6.45, 7) is 7.44. The fourth-order valence-electron chi connectivity index (χ4n) is 6.91. The third-order valence-corrected chi connectivity index (χ3v) is 9.95. The summed E-state index contributed by atoms with van der Waals surface area (Å²) < 4.78 is 38.4. The second kappa shape index (κ2) is 11.1. The Morgan fingerprint density at radius 3 is 1.53 bits per heavy atom. The SMILES string of the molecule is CC1(C)Oc2ccc(C#N)cc2C(N2CCCC2=O)C1OP(=O)([O-])OC1C(N2CCCC2=O)c2cc(C#N)ccc2OC1(C)C. The number of hydrogen-bond acceptors (Lipinski definition) is 10. The molecule has 0 N–H and O–H groups in total. The summed E-state index contributed by atoms with van der Waals surface area (Å²) in [6, 6.07) is 12.1. The molecule has 6 rings (SSSR count). The molecule has 0 spiro atoms. The molecule has 2 aromatic rings. The minimum Gasteiger partial charge on any atom is -0.756 e. The maximum atomic E-state index is 14.1. The van der Waals surface area contributed by atoms with Crippen molar-refractivity contribution in [3.05, 3.63) is 58.7 Å². The van der Waals surface area contributed by atoms with Gasteiger partial charge in [0.2, 0.25) is 11.8 Å². The minimum atomic E-state index is -5.26. The van der Waals surface area contributed by atoms with Gasteiger partial charge in [-0.05, 0) is 76.9 Å². The van der Waals surface area contributed by atoms with Crippen molar-refractivity contribution in [1.29, 1.82) is 10.5 Å². The maximum Gasteiger partial charge on any atom is 0.268 e. The van der Waals surface area contributed by atoms with Gasteiger partial charge in [-0.25, -0.2) is 0 Å². The Bertz CT molecular complexity index is 1580. The molecular formula is C32H34N4O8P-. The van der Waals surface area contributed by atoms with E-state index in [9.17, 15) is 29.6 Å². The molecule has 2 aromatic carbocycles. The Labute approximate surface area is 261 Å². The third-order valence-electron chi connectivity index (χ3n) is 8.98. The number of benzene rings is 2. The number of likely N-dealkylation sites (tertiary alicyclic amines) is 2. The van der Waals surface area contributed by atoms with E-state index in [4.69, 9.17) is 18.5 Å². The standard InChI is InChI=1S/C32H35N4O8P/c1-31(2)29(27(35-13-5-7-25(35)37)21-15-19(17-33)9-11-23(21)41-31)43-45(39,40)44-30-28(36-14-6-8-26(36)38)22-16-20(18-34)10-12-24(22)42-32(30,3)4/h9-12,15-16,27-30H,5-8,13-14H2,1-4H3,(H,39,40)/p-1. The first kappa shape index (κ1) is 31.1. The van der Waals surface area contributed by atoms with Crippen LogP contribution in [0.5, 0.6) is 11.5 Å². The number of rotatable bonds is 6. The molecule has 0 saturated carbocycles. The minimum absolute atomic E-state index is 0.166. The van der Waals surface area contributed by atoms with Crippen LogP contribution >= 0.6 is 7.82 Å². The second-order valence-corrected chi connectivity index (χ2v) is 14.2. The first-order chi connectivity index (χ1) is 21.2. The van der Waals surface area contributed by atoms with Crippen LogP contribution in [0, 0.1) is 22.7 Å². The van der Waals surface area contributed by atoms with Crippen molar-refractivity contribution in [3.63, 3.8) is 0 Å². The average Bonchev–Trinajstić information content (AvgIpc) is 3.60. The molecule has 13 heteroatoms. The number of hydrogen-bond donors (Lipinski definition) is 0. The summed E-state index contributed by atoms with van der Waals surface area (Å²) in [7, 11) is -5.26. The third kappa shape index (κ3) is 5.57. The first-order valence-electron chi connectivity index (χ1n) is 15.0. The van der Waals surface area contributed by atoms with Crippen LogP contribution in [0.4, 0.5) is 0 Å². The normalized spacial score (nSPS) is 27.8. The van der Waals surface area contributed by atoms with Crippen LogP contribution < -0.4 is 14.4 Å². The van der Waals surface area contributed by atoms with Crippen LogP contribution in [0.3, 0.4) is 0 Å². The van der Waals surface area contributed by atoms with Gasteiger partial charge < -0.3 is 33.2 Å². The number of carbonyl (C=O) groups is 2. The molecule has 4 unspecified atom stereocenters. The summed E-state index contributed by atoms with van der Waals surface area (Å²) in [5.74, 6) is 0.509. The van der Waals surface area contributed by atoms with Gasteiger partial charge >= 0.3 is 0 Å². The lowest BCUT2D eigenvalue weighted by Crippen LogP contribution is -2.57. The van der Waals surface area contributed by atoms with Gasteiger partial charge in [-0.2, -0.15) is 10.5 Å². The molecule has 2 saturated heterocycles. The van der Waals surface area contributed by atoms with E-state index in [0.717, 1.165) is 0 Å². The predicted octanol–water partition coefficient (Wildman–Crippen LogP) is 4.04. The number of fused-ring (bicyclic) bond motifs is 2. The molecule has 0 aromatic heterocycles. The molecular weight excluding hydrogens is 599 g/mol. The van der Waals surface area contributed by atoms with Crippen molar-refractivity contribution in [3.8, 4) is 23.6 Å². The molecule has 0 aliphatic carbocycles. The summed E-state index contributed by atoms with van der Waals surface area (Å²) in [5, 5.41) is 19.2. The summed E-state index contributed by atoms with van der Waals surface area (Å²) >= 11 is 0. The van der Waals surface area contributed by atoms with Crippen LogP contribution in [0.1, 0.15) is 87.7 Å². The van der Waals surface area contributed by atoms with Crippen LogP contribution in [0.25, 0.3) is 0 Å². The summed E-state index contributed by atoms with van der Waals surface area (Å²) in [4.78, 5) is 43.3. The van der Waals surface area contributed by atoms with E-state index < -0.39 is 43.3 Å². The van der Waals surface area contributed by atoms with Crippen LogP contribution in [0.15, 0.2) is 36.4 Å². The van der Waals surface area contributed by atoms with E-state index in [1.807, 2.05) is 0 Å². The van der Waals surface area contributed by atoms with E-state index in [0.29, 0.717) is 72.5 Å². The van der Waals surface area contributed by atoms with Gasteiger partial charge in [-0.3, -0.25) is 14.2 Å². The van der Waals surface area contributed by atoms with E-state index in [-0.39, 0.29) is 11.8 Å². The Kier molecular flexibility index (Phi) is 7.70. The molecule has 4 atom stereocenters. The zero-order valence-electron chi connectivity index (χ0n) is 25.5. The number of phosphoric ester groups is 1. The van der Waals surface area contributed by atoms with Crippen molar-refractivity contribution in [1.82, 2.24) is 9.80 Å². The highest BCUT2D eigenvalue weighted by Gasteiger charge is 2.54. The lowest BCUT2D eigenvalue weighted by atomic mass is 9.85. The molecule has 2 amide bonds. The zero-order valence-corrected chi connectivity index (χ0v) is 26.4. The summed E-state index contributed by atoms with van der Waals surface area (Å²) in [6.07, 6.45) is -0.724. The van der Waals surface area contributed by atoms with Gasteiger partial charge in [-0.1, -0.05) is 0 Å². The lowest BCUT2D eigenvalue weighted by molar-refractivity contribution is -0.253. The van der Waals surface area contributed by atoms with Crippen molar-refractivity contribution in [2.75, 3.05) is 13.1 Å². The quantitative estimate of drug-likeness (QED) is 0.424. The number of phosphoric acid groups is 1. The highest BCUT2D eigenvalue weighted by atomic mass is 31.2. The fourth-order valence-corrected chi connectivity index (χ4v) is 8.26. The predicted molar refractivity (Wildman–Crippen MR) is 156 cm³/mol. The van der Waals surface area contributed by atoms with Gasteiger partial charge in [0.15, 0.2) is 0 Å². The molecule has 12 nitrogen and oxygen atoms in total. The van der Waals surface area contributed by atoms with Crippen molar-refractivity contribution < 1.29 is 37.6 Å². The maximum absolute atomic E-state index is 14.1. The molecule has 4 aliphatic heterocycles. The van der Waals surface area contributed by atoms with Gasteiger partial charge in [0.1, 0.15) is 34.9 Å². The van der Waals surface area contributed by atoms with Crippen molar-refractivity contribution in [2.24, 2.45) is 0 Å². The Balaban J connectivity index is 1.40. The topological polar surface area (TPSA) is 165 Å². The Morgan fingerprint density at radius 2 is 1.20 bits per heavy atom. The number of ether oxygens (including phenoxy) is 2. The molecule has 236 valence electrons. The lowest BCUT2D eigenvalue weighted by Gasteiger charge is -2.51. The van der Waals surface area contributed by atoms with Gasteiger partial charge in [0, 0.05) is 37.1 Å². The number of nitriles is 2. The number of nitrogens with zero attached hydrogens (tertiary/aromatic N) is 4. The second-order valence-electron chi connectivity index (χ2n) is 12.9. The van der Waals surface area contributed by atoms with E-state index in [1.165, 1.54) is 0 Å². The average molecular weight is 634 g/mol. The summed E-state index contributed by atoms with van der Waals surface area (Å²) in [5.41, 5.74) is -0.931. The Morgan fingerprint density at radius 1 is 0.800 bits per heavy atom. The van der Waals surface area contributed by atoms with Gasteiger partial charge in [0.25, 0.3) is 7.82 Å². The van der Waals surface area contributed by atoms with Crippen molar-refractivity contribution >= 4 is 19.6 Å². The number of amides is 2. The zero-order chi connectivity index (χ0) is 32.3. The van der Waals surface area contributed by atoms with Gasteiger partial charge in [-0.15, -0.1) is 0 Å². The smallest absolute Gasteiger partial charge is 0.268 e. The molecule has 4 aliphatic rings. The fraction of sp³-hybridized carbons (Fsp3) is 0.500. The first-order valence-corrected chi connectivity index (χ1v) is 16.4. The van der Waals surface area contributed by atoms with Crippen LogP contribution in [-0.2, 0) is 23.2 Å². The van der Waals surface area contributed by atoms with Crippen molar-refractivity contribution in [2.45, 2.75) is 88.9 Å².